The summed E-state index contributed by atoms with van der Waals surface area (Å²) in [4.78, 5) is 67.3. The van der Waals surface area contributed by atoms with E-state index >= 15 is 0 Å². The molecule has 6 aromatic heterocycles. The number of ether oxygens (including phenoxy) is 2. The minimum absolute atomic E-state index is 0.118. The van der Waals surface area contributed by atoms with Crippen LogP contribution in [0.4, 0.5) is 32.9 Å². The van der Waals surface area contributed by atoms with E-state index in [1.54, 1.807) is 77.9 Å². The number of carbonyl (C=O) groups is 4. The fourth-order valence-electron chi connectivity index (χ4n) is 7.23. The van der Waals surface area contributed by atoms with Gasteiger partial charge in [0.05, 0.1) is 22.4 Å². The number of nitrogens with two attached hydrogens (primary N) is 1. The number of hydrogen-bond donors (Lipinski definition) is 5. The molecule has 101 heavy (non-hydrogen) atoms. The van der Waals surface area contributed by atoms with E-state index in [0.29, 0.717) is 52.6 Å². The third-order valence-electron chi connectivity index (χ3n) is 11.4. The van der Waals surface area contributed by atoms with Crippen molar-refractivity contribution >= 4 is 138 Å². The van der Waals surface area contributed by atoms with E-state index in [1.807, 2.05) is 103 Å². The monoisotopic (exact) mass is 1580 g/mol. The third-order valence-corrected chi connectivity index (χ3v) is 12.5. The van der Waals surface area contributed by atoms with Gasteiger partial charge < -0.3 is 25.6 Å². The van der Waals surface area contributed by atoms with Gasteiger partial charge in [0.1, 0.15) is 22.7 Å². The van der Waals surface area contributed by atoms with Crippen molar-refractivity contribution in [3.8, 4) is 0 Å². The van der Waals surface area contributed by atoms with E-state index in [4.69, 9.17) is 111 Å². The van der Waals surface area contributed by atoms with Crippen LogP contribution in [0.5, 0.6) is 0 Å². The Kier molecular flexibility index (Phi) is 38.5. The molecule has 528 valence electrons. The molecular formula is C67H68Cl8N16O9Zn. The van der Waals surface area contributed by atoms with Crippen molar-refractivity contribution in [2.75, 3.05) is 27.0 Å². The molecule has 3 amide bonds. The summed E-state index contributed by atoms with van der Waals surface area (Å²) in [6, 6.07) is 48.8. The minimum atomic E-state index is -1.14. The van der Waals surface area contributed by atoms with Crippen molar-refractivity contribution in [1.29, 1.82) is 0 Å². The van der Waals surface area contributed by atoms with Gasteiger partial charge in [-0.25, -0.2) is 23.7 Å². The molecule has 0 unspecified atom stereocenters. The summed E-state index contributed by atoms with van der Waals surface area (Å²) in [5, 5.41) is 57.8. The molecule has 0 aliphatic carbocycles. The molecule has 6 N–H and O–H groups in total. The molecule has 0 spiro atoms. The molecule has 10 rings (SSSR count). The number of anilines is 4. The van der Waals surface area contributed by atoms with Crippen molar-refractivity contribution in [1.82, 2.24) is 60.4 Å². The number of carbonyl (C=O) groups excluding carboxylic acids is 3. The molecule has 0 aliphatic rings. The number of nitrogens with one attached hydrogen (secondary N) is 3. The number of hydrogen-bond acceptors (Lipinski definition) is 19. The summed E-state index contributed by atoms with van der Waals surface area (Å²) < 4.78 is 12.2. The van der Waals surface area contributed by atoms with Gasteiger partial charge in [-0.05, 0) is 160 Å². The first kappa shape index (κ1) is 86.3. The fourth-order valence-corrected chi connectivity index (χ4v) is 8.18. The van der Waals surface area contributed by atoms with Crippen molar-refractivity contribution < 1.29 is 51.1 Å². The average molecular weight is 1590 g/mol. The van der Waals surface area contributed by atoms with Gasteiger partial charge in [-0.15, -0.1) is 60.8 Å². The number of benzene rings is 4. The Morgan fingerprint density at radius 3 is 1.16 bits per heavy atom. The summed E-state index contributed by atoms with van der Waals surface area (Å²) in [5.41, 5.74) is 10.3. The molecule has 0 saturated heterocycles. The molecule has 10 aromatic rings. The average Bonchev–Trinajstić information content (AvgIpc) is 0.870. The van der Waals surface area contributed by atoms with Crippen LogP contribution in [0, 0.1) is 6.92 Å². The molecule has 0 atom stereocenters. The van der Waals surface area contributed by atoms with Crippen LogP contribution in [0.2, 0.25) is 25.2 Å². The standard InChI is InChI=1S/C17H14ClN5O2.C16H18ClN3O2.C11H10ClN3.C9H12ClN3O2.C7H6Cl.C6H6N2O3.CH2Cl2.ClH.Zn/c1-23-16(24)8-6-14(22-23)17(25)19-15-7-5-13(20-21-15)10-11-3-2-4-12(18)9-11;1-16(2,3)22-15(21)18-14-8-7-13(19-20-14)10-11-5-4-6-12(17)9-11;12-9-3-1-2-8(6-9)7-10-4-5-11(13)15-14-10;1-9(2,3)15-8(14)11-7-5-4-6(10)12-13-7;1-6-3-2-4-7(8)5-6;1-8-5(9)3-2-4(7-8)6(10)11;2-1-3;;/h2-9H,10H2,1H3,(H,19,21,25);4-9H,10H2,1-3H3,(H,18,20,21);1-6H,7H2,(H2,13,15);4-5H,1-3H3,(H,11,13,14);2-5H,1H2;2-3H,1H3,(H,10,11);1H2;1H;/q;;;;-1;;;;+2/p-1. The molecule has 34 heteroatoms. The zero-order valence-electron chi connectivity index (χ0n) is 55.6. The molecule has 0 saturated carbocycles. The second-order valence-electron chi connectivity index (χ2n) is 22.0. The summed E-state index contributed by atoms with van der Waals surface area (Å²) in [6.07, 6.45) is 0.807. The van der Waals surface area contributed by atoms with Crippen LogP contribution in [-0.2, 0) is 60.1 Å². The van der Waals surface area contributed by atoms with Crippen molar-refractivity contribution in [3.05, 3.63) is 273 Å². The molecule has 0 aliphatic heterocycles. The van der Waals surface area contributed by atoms with Crippen LogP contribution in [-0.4, -0.2) is 106 Å². The van der Waals surface area contributed by atoms with Gasteiger partial charge in [-0.2, -0.15) is 44.0 Å². The van der Waals surface area contributed by atoms with Crippen molar-refractivity contribution in [3.63, 3.8) is 0 Å². The number of nitrogen functional groups attached to an aromatic ring is 1. The van der Waals surface area contributed by atoms with Gasteiger partial charge in [-0.1, -0.05) is 100 Å². The van der Waals surface area contributed by atoms with Gasteiger partial charge in [0.25, 0.3) is 17.0 Å². The quantitative estimate of drug-likeness (QED) is 0.0456. The number of rotatable bonds is 11. The summed E-state index contributed by atoms with van der Waals surface area (Å²) >= 11 is 39.3. The first-order valence-corrected chi connectivity index (χ1v) is 36.2. The number of carboxylic acids is 1. The molecule has 0 bridgehead atoms. The van der Waals surface area contributed by atoms with Gasteiger partial charge in [0.15, 0.2) is 28.3 Å². The zero-order valence-corrected chi connectivity index (χ0v) is 64.6. The zero-order chi connectivity index (χ0) is 75.2. The van der Waals surface area contributed by atoms with Crippen molar-refractivity contribution in [2.45, 2.75) is 72.0 Å². The summed E-state index contributed by atoms with van der Waals surface area (Å²) in [6.45, 7) is 14.4. The Morgan fingerprint density at radius 2 is 0.842 bits per heavy atom. The summed E-state index contributed by atoms with van der Waals surface area (Å²) in [5.74, 6) is -0.217. The maximum atomic E-state index is 12.1. The van der Waals surface area contributed by atoms with Gasteiger partial charge in [0.2, 0.25) is 0 Å². The molecule has 6 heterocycles. The Bertz CT molecular complexity index is 4330. The number of amides is 3. The molecule has 0 fully saturated rings. The van der Waals surface area contributed by atoms with Crippen molar-refractivity contribution in [2.24, 2.45) is 14.1 Å². The SMILES string of the molecule is CC(C)(C)OC(=O)Nc1ccc(Cc2cccc(Cl)c2)nn1.CC(C)(C)OC(=O)Nc1ccc(Cl)nn1.ClCCl.Cn1nc(C(=O)Nc2ccc(Cc3cccc(Cl)c3)nn2)ccc1=O.Cn1nc(C(=O)O)ccc1=O.Nc1ccc(Cc2cccc(Cl)c2)nn1.[CH2-]c1cccc(Cl)c1.[Cl][Zn+]. The van der Waals surface area contributed by atoms with Crippen LogP contribution < -0.4 is 32.8 Å². The van der Waals surface area contributed by atoms with Gasteiger partial charge in [0, 0.05) is 60.6 Å². The number of alkyl halides is 2. The Balaban J connectivity index is 0.000000321. The van der Waals surface area contributed by atoms with E-state index < -0.39 is 35.3 Å². The molecular weight excluding hydrogens is 1520 g/mol. The first-order chi connectivity index (χ1) is 47.7. The number of aryl methyl sites for hydroxylation is 2. The Morgan fingerprint density at radius 1 is 0.485 bits per heavy atom. The number of nitrogens with zero attached hydrogens (tertiary/aromatic N) is 12. The molecule has 0 radical (unpaired) electrons. The fraction of sp³-hybridized carbons (Fsp3) is 0.209. The normalized spacial score (nSPS) is 10.2. The number of aromatic carboxylic acids is 1. The number of carboxylic acid groups (broad SMARTS) is 1. The Labute approximate surface area is 631 Å². The maximum absolute atomic E-state index is 12.1. The predicted molar refractivity (Wildman–Crippen MR) is 392 cm³/mol. The Hall–Kier alpha value is -8.95. The van der Waals surface area contributed by atoms with E-state index in [9.17, 15) is 28.8 Å². The van der Waals surface area contributed by atoms with Crippen LogP contribution in [0.3, 0.4) is 0 Å². The van der Waals surface area contributed by atoms with Crippen LogP contribution >= 0.6 is 90.9 Å². The van der Waals surface area contributed by atoms with Gasteiger partial charge >= 0.3 is 45.2 Å². The van der Waals surface area contributed by atoms with E-state index in [1.165, 1.54) is 38.4 Å². The summed E-state index contributed by atoms with van der Waals surface area (Å²) in [7, 11) is 7.64. The second kappa shape index (κ2) is 45.0. The van der Waals surface area contributed by atoms with Crippen LogP contribution in [0.25, 0.3) is 0 Å². The van der Waals surface area contributed by atoms with Crippen LogP contribution in [0.15, 0.2) is 179 Å². The van der Waals surface area contributed by atoms with Crippen LogP contribution in [0.1, 0.15) is 102 Å². The third kappa shape index (κ3) is 37.3. The predicted octanol–water partition coefficient (Wildman–Crippen LogP) is 15.0. The number of halogens is 8. The second-order valence-corrected chi connectivity index (χ2v) is 25.0. The topological polar surface area (TPSA) is 342 Å². The molecule has 4 aromatic carbocycles. The van der Waals surface area contributed by atoms with E-state index in [2.05, 4.69) is 73.9 Å². The first-order valence-electron chi connectivity index (χ1n) is 29.3. The number of aromatic nitrogens is 12. The molecule has 25 nitrogen and oxygen atoms in total. The van der Waals surface area contributed by atoms with E-state index in [0.717, 1.165) is 82.1 Å². The van der Waals surface area contributed by atoms with Gasteiger partial charge in [-0.3, -0.25) is 25.0 Å². The van der Waals surface area contributed by atoms with E-state index in [-0.39, 0.29) is 33.0 Å².